The first-order chi connectivity index (χ1) is 6.65. The van der Waals surface area contributed by atoms with Crippen LogP contribution in [0.3, 0.4) is 0 Å². The van der Waals surface area contributed by atoms with Crippen molar-refractivity contribution in [2.75, 3.05) is 6.61 Å². The molecule has 0 bridgehead atoms. The largest absolute Gasteiger partial charge is 0.395 e. The predicted octanol–water partition coefficient (Wildman–Crippen LogP) is 1.86. The van der Waals surface area contributed by atoms with E-state index in [4.69, 9.17) is 5.11 Å². The van der Waals surface area contributed by atoms with Crippen molar-refractivity contribution in [3.8, 4) is 0 Å². The molecule has 3 heteroatoms. The summed E-state index contributed by atoms with van der Waals surface area (Å²) in [6.07, 6.45) is 0. The van der Waals surface area contributed by atoms with Gasteiger partial charge >= 0.3 is 0 Å². The Bertz CT molecular complexity index is 290. The number of aliphatic hydroxyl groups is 1. The van der Waals surface area contributed by atoms with Gasteiger partial charge in [0.2, 0.25) is 0 Å². The first-order valence-electron chi connectivity index (χ1n) is 4.76. The summed E-state index contributed by atoms with van der Waals surface area (Å²) >= 11 is 0. The van der Waals surface area contributed by atoms with Crippen molar-refractivity contribution in [3.63, 3.8) is 0 Å². The number of aliphatic hydroxyl groups excluding tert-OH is 1. The van der Waals surface area contributed by atoms with E-state index in [-0.39, 0.29) is 24.5 Å². The molecule has 2 atom stereocenters. The van der Waals surface area contributed by atoms with Crippen LogP contribution in [0.25, 0.3) is 0 Å². The van der Waals surface area contributed by atoms with Gasteiger partial charge in [-0.05, 0) is 19.9 Å². The van der Waals surface area contributed by atoms with E-state index in [0.717, 1.165) is 0 Å². The lowest BCUT2D eigenvalue weighted by molar-refractivity contribution is 0.242. The van der Waals surface area contributed by atoms with E-state index in [0.29, 0.717) is 5.56 Å². The van der Waals surface area contributed by atoms with Crippen molar-refractivity contribution >= 4 is 0 Å². The number of nitrogens with one attached hydrogen (secondary N) is 1. The van der Waals surface area contributed by atoms with Crippen LogP contribution in [-0.4, -0.2) is 17.8 Å². The lowest BCUT2D eigenvalue weighted by atomic mass is 10.1. The monoisotopic (exact) mass is 197 g/mol. The predicted molar refractivity (Wildman–Crippen MR) is 54.5 cm³/mol. The van der Waals surface area contributed by atoms with E-state index in [2.05, 4.69) is 5.32 Å². The summed E-state index contributed by atoms with van der Waals surface area (Å²) in [5.41, 5.74) is 0.632. The Labute approximate surface area is 83.8 Å². The van der Waals surface area contributed by atoms with Crippen molar-refractivity contribution in [1.82, 2.24) is 5.32 Å². The van der Waals surface area contributed by atoms with Crippen molar-refractivity contribution in [2.24, 2.45) is 0 Å². The van der Waals surface area contributed by atoms with Crippen LogP contribution < -0.4 is 5.32 Å². The minimum atomic E-state index is -0.211. The van der Waals surface area contributed by atoms with Crippen molar-refractivity contribution in [2.45, 2.75) is 25.9 Å². The molecule has 0 unspecified atom stereocenters. The molecule has 2 N–H and O–H groups in total. The van der Waals surface area contributed by atoms with Crippen LogP contribution in [0, 0.1) is 5.82 Å². The lowest BCUT2D eigenvalue weighted by Crippen LogP contribution is -2.32. The normalized spacial score (nSPS) is 15.1. The van der Waals surface area contributed by atoms with E-state index in [1.807, 2.05) is 13.8 Å². The molecule has 0 heterocycles. The average Bonchev–Trinajstić information content (AvgIpc) is 2.18. The molecule has 0 fully saturated rings. The topological polar surface area (TPSA) is 32.3 Å². The Balaban J connectivity index is 2.69. The van der Waals surface area contributed by atoms with Gasteiger partial charge in [-0.15, -0.1) is 0 Å². The lowest BCUT2D eigenvalue weighted by Gasteiger charge is -2.18. The SMILES string of the molecule is C[C@H](N[C@@H](C)CO)c1ccccc1F. The second-order valence-corrected chi connectivity index (χ2v) is 3.49. The Morgan fingerprint density at radius 2 is 2.00 bits per heavy atom. The Hall–Kier alpha value is -0.930. The Kier molecular flexibility index (Phi) is 4.04. The summed E-state index contributed by atoms with van der Waals surface area (Å²) in [7, 11) is 0. The number of hydrogen-bond donors (Lipinski definition) is 2. The van der Waals surface area contributed by atoms with E-state index < -0.39 is 0 Å². The fourth-order valence-electron chi connectivity index (χ4n) is 1.40. The molecule has 1 aromatic rings. The third-order valence-corrected chi connectivity index (χ3v) is 2.18. The Morgan fingerprint density at radius 1 is 1.36 bits per heavy atom. The number of halogens is 1. The third-order valence-electron chi connectivity index (χ3n) is 2.18. The van der Waals surface area contributed by atoms with E-state index in [1.54, 1.807) is 18.2 Å². The highest BCUT2D eigenvalue weighted by Crippen LogP contribution is 2.16. The fourth-order valence-corrected chi connectivity index (χ4v) is 1.40. The van der Waals surface area contributed by atoms with Crippen LogP contribution >= 0.6 is 0 Å². The molecule has 0 aromatic heterocycles. The summed E-state index contributed by atoms with van der Waals surface area (Å²) in [6.45, 7) is 3.79. The van der Waals surface area contributed by atoms with Gasteiger partial charge in [0.05, 0.1) is 6.61 Å². The molecular formula is C11H16FNO. The highest BCUT2D eigenvalue weighted by Gasteiger charge is 2.11. The van der Waals surface area contributed by atoms with Gasteiger partial charge in [-0.3, -0.25) is 0 Å². The van der Waals surface area contributed by atoms with Crippen LogP contribution in [-0.2, 0) is 0 Å². The molecule has 0 radical (unpaired) electrons. The fraction of sp³-hybridized carbons (Fsp3) is 0.455. The van der Waals surface area contributed by atoms with Gasteiger partial charge in [-0.2, -0.15) is 0 Å². The van der Waals surface area contributed by atoms with E-state index in [1.165, 1.54) is 6.07 Å². The first-order valence-corrected chi connectivity index (χ1v) is 4.76. The van der Waals surface area contributed by atoms with Crippen LogP contribution in [0.2, 0.25) is 0 Å². The molecule has 2 nitrogen and oxygen atoms in total. The maximum atomic E-state index is 13.3. The molecule has 0 saturated heterocycles. The zero-order valence-electron chi connectivity index (χ0n) is 8.50. The van der Waals surface area contributed by atoms with Gasteiger partial charge in [-0.1, -0.05) is 18.2 Å². The highest BCUT2D eigenvalue weighted by molar-refractivity contribution is 5.20. The zero-order chi connectivity index (χ0) is 10.6. The van der Waals surface area contributed by atoms with Gasteiger partial charge in [-0.25, -0.2) is 4.39 Å². The molecule has 0 aliphatic rings. The quantitative estimate of drug-likeness (QED) is 0.772. The van der Waals surface area contributed by atoms with Gasteiger partial charge in [0.1, 0.15) is 5.82 Å². The molecule has 0 amide bonds. The molecule has 0 saturated carbocycles. The summed E-state index contributed by atoms with van der Waals surface area (Å²) in [5.74, 6) is -0.211. The molecular weight excluding hydrogens is 181 g/mol. The Morgan fingerprint density at radius 3 is 2.57 bits per heavy atom. The molecule has 78 valence electrons. The third kappa shape index (κ3) is 2.79. The maximum Gasteiger partial charge on any atom is 0.127 e. The van der Waals surface area contributed by atoms with E-state index in [9.17, 15) is 4.39 Å². The van der Waals surface area contributed by atoms with Crippen LogP contribution in [0.4, 0.5) is 4.39 Å². The van der Waals surface area contributed by atoms with Crippen molar-refractivity contribution < 1.29 is 9.50 Å². The number of rotatable bonds is 4. The summed E-state index contributed by atoms with van der Waals surface area (Å²) < 4.78 is 13.3. The van der Waals surface area contributed by atoms with Crippen LogP contribution in [0.5, 0.6) is 0 Å². The van der Waals surface area contributed by atoms with Crippen molar-refractivity contribution in [3.05, 3.63) is 35.6 Å². The summed E-state index contributed by atoms with van der Waals surface area (Å²) in [4.78, 5) is 0. The minimum Gasteiger partial charge on any atom is -0.395 e. The van der Waals surface area contributed by atoms with Crippen molar-refractivity contribution in [1.29, 1.82) is 0 Å². The van der Waals surface area contributed by atoms with Crippen LogP contribution in [0.15, 0.2) is 24.3 Å². The first kappa shape index (κ1) is 11.1. The van der Waals surface area contributed by atoms with Crippen LogP contribution in [0.1, 0.15) is 25.5 Å². The summed E-state index contributed by atoms with van der Waals surface area (Å²) in [5, 5.41) is 11.9. The molecule has 1 aromatic carbocycles. The molecule has 14 heavy (non-hydrogen) atoms. The van der Waals surface area contributed by atoms with Gasteiger partial charge < -0.3 is 10.4 Å². The van der Waals surface area contributed by atoms with Gasteiger partial charge in [0.15, 0.2) is 0 Å². The molecule has 0 aliphatic carbocycles. The maximum absolute atomic E-state index is 13.3. The standard InChI is InChI=1S/C11H16FNO/c1-8(7-14)13-9(2)10-5-3-4-6-11(10)12/h3-6,8-9,13-14H,7H2,1-2H3/t8-,9-/m0/s1. The second kappa shape index (κ2) is 5.08. The van der Waals surface area contributed by atoms with Gasteiger partial charge in [0.25, 0.3) is 0 Å². The second-order valence-electron chi connectivity index (χ2n) is 3.49. The average molecular weight is 197 g/mol. The molecule has 1 rings (SSSR count). The summed E-state index contributed by atoms with van der Waals surface area (Å²) in [6, 6.07) is 6.55. The smallest absolute Gasteiger partial charge is 0.127 e. The molecule has 0 aliphatic heterocycles. The highest BCUT2D eigenvalue weighted by atomic mass is 19.1. The number of benzene rings is 1. The number of hydrogen-bond acceptors (Lipinski definition) is 2. The molecule has 0 spiro atoms. The minimum absolute atomic E-state index is 0.0235. The van der Waals surface area contributed by atoms with Gasteiger partial charge in [0, 0.05) is 17.6 Å². The van der Waals surface area contributed by atoms with E-state index >= 15 is 0 Å². The zero-order valence-corrected chi connectivity index (χ0v) is 8.50.